The van der Waals surface area contributed by atoms with Gasteiger partial charge in [0.1, 0.15) is 0 Å². The maximum Gasteiger partial charge on any atom is 0.238 e. The Morgan fingerprint density at radius 3 is 2.22 bits per heavy atom. The van der Waals surface area contributed by atoms with E-state index in [2.05, 4.69) is 94.0 Å². The second-order valence-corrected chi connectivity index (χ2v) is 8.29. The minimum absolute atomic E-state index is 0.0359. The molecule has 160 valence electrons. The zero-order valence-electron chi connectivity index (χ0n) is 18.1. The number of anilines is 2. The molecule has 0 atom stereocenters. The van der Waals surface area contributed by atoms with Gasteiger partial charge in [-0.15, -0.1) is 0 Å². The van der Waals surface area contributed by atoms with Gasteiger partial charge < -0.3 is 10.2 Å². The quantitative estimate of drug-likeness (QED) is 0.477. The van der Waals surface area contributed by atoms with E-state index in [9.17, 15) is 4.79 Å². The molecule has 32 heavy (non-hydrogen) atoms. The zero-order valence-corrected chi connectivity index (χ0v) is 18.1. The number of carbonyl (C=O) groups excluding carboxylic acids is 1. The van der Waals surface area contributed by atoms with E-state index >= 15 is 0 Å². The first-order valence-electron chi connectivity index (χ1n) is 11.2. The first-order valence-corrected chi connectivity index (χ1v) is 11.2. The van der Waals surface area contributed by atoms with Crippen molar-refractivity contribution < 1.29 is 4.79 Å². The molecule has 1 saturated heterocycles. The van der Waals surface area contributed by atoms with Gasteiger partial charge >= 0.3 is 0 Å². The molecule has 1 aliphatic heterocycles. The Labute approximate surface area is 189 Å². The third kappa shape index (κ3) is 4.66. The molecule has 5 rings (SSSR count). The third-order valence-electron chi connectivity index (χ3n) is 6.09. The van der Waals surface area contributed by atoms with Crippen molar-refractivity contribution in [3.05, 3.63) is 97.1 Å². The van der Waals surface area contributed by atoms with Gasteiger partial charge in [-0.2, -0.15) is 0 Å². The molecule has 4 heteroatoms. The van der Waals surface area contributed by atoms with Crippen LogP contribution in [-0.2, 0) is 4.79 Å². The predicted molar refractivity (Wildman–Crippen MR) is 133 cm³/mol. The first kappa shape index (κ1) is 20.3. The number of fused-ring (bicyclic) bond motifs is 1. The molecule has 0 aromatic heterocycles. The molecule has 0 radical (unpaired) electrons. The molecule has 0 aliphatic carbocycles. The van der Waals surface area contributed by atoms with Gasteiger partial charge in [-0.3, -0.25) is 9.69 Å². The lowest BCUT2D eigenvalue weighted by atomic mass is 10.0. The standard InChI is InChI=1S/C28H27N3O/c32-28(21-30-15-17-31(18-16-30)27-11-2-1-3-12-27)29-26-10-6-9-24(20-26)25-14-13-22-7-4-5-8-23(22)19-25/h1-14,19-20H,15-18,21H2,(H,29,32). The van der Waals surface area contributed by atoms with E-state index in [1.54, 1.807) is 0 Å². The van der Waals surface area contributed by atoms with Crippen LogP contribution in [0, 0.1) is 0 Å². The largest absolute Gasteiger partial charge is 0.369 e. The van der Waals surface area contributed by atoms with Gasteiger partial charge in [0.25, 0.3) is 0 Å². The summed E-state index contributed by atoms with van der Waals surface area (Å²) in [6, 6.07) is 33.4. The summed E-state index contributed by atoms with van der Waals surface area (Å²) in [7, 11) is 0. The lowest BCUT2D eigenvalue weighted by molar-refractivity contribution is -0.117. The second kappa shape index (κ2) is 9.25. The van der Waals surface area contributed by atoms with Crippen LogP contribution in [0.5, 0.6) is 0 Å². The van der Waals surface area contributed by atoms with Crippen LogP contribution in [0.2, 0.25) is 0 Å². The number of hydrogen-bond acceptors (Lipinski definition) is 3. The number of carbonyl (C=O) groups is 1. The van der Waals surface area contributed by atoms with Crippen molar-refractivity contribution in [2.75, 3.05) is 42.9 Å². The summed E-state index contributed by atoms with van der Waals surface area (Å²) in [6.45, 7) is 4.07. The van der Waals surface area contributed by atoms with Crippen LogP contribution in [0.25, 0.3) is 21.9 Å². The number of rotatable bonds is 5. The molecule has 0 bridgehead atoms. The van der Waals surface area contributed by atoms with Gasteiger partial charge in [-0.1, -0.05) is 66.7 Å². The third-order valence-corrected chi connectivity index (χ3v) is 6.09. The van der Waals surface area contributed by atoms with Gasteiger partial charge in [0.2, 0.25) is 5.91 Å². The summed E-state index contributed by atoms with van der Waals surface area (Å²) in [4.78, 5) is 17.3. The number of hydrogen-bond donors (Lipinski definition) is 1. The molecule has 1 N–H and O–H groups in total. The number of nitrogens with one attached hydrogen (secondary N) is 1. The Bertz CT molecular complexity index is 1210. The van der Waals surface area contributed by atoms with Crippen LogP contribution in [0.4, 0.5) is 11.4 Å². The highest BCUT2D eigenvalue weighted by Crippen LogP contribution is 2.26. The van der Waals surface area contributed by atoms with E-state index in [4.69, 9.17) is 0 Å². The Balaban J connectivity index is 1.20. The average molecular weight is 422 g/mol. The van der Waals surface area contributed by atoms with Crippen molar-refractivity contribution in [1.82, 2.24) is 4.90 Å². The Morgan fingerprint density at radius 1 is 0.688 bits per heavy atom. The molecule has 1 amide bonds. The van der Waals surface area contributed by atoms with Gasteiger partial charge in [0.05, 0.1) is 6.54 Å². The molecule has 1 fully saturated rings. The lowest BCUT2D eigenvalue weighted by Gasteiger charge is -2.35. The van der Waals surface area contributed by atoms with Gasteiger partial charge in [-0.25, -0.2) is 0 Å². The van der Waals surface area contributed by atoms with Crippen molar-refractivity contribution in [2.45, 2.75) is 0 Å². The van der Waals surface area contributed by atoms with E-state index in [1.165, 1.54) is 16.5 Å². The summed E-state index contributed by atoms with van der Waals surface area (Å²) >= 11 is 0. The maximum atomic E-state index is 12.7. The highest BCUT2D eigenvalue weighted by Gasteiger charge is 2.19. The van der Waals surface area contributed by atoms with Crippen LogP contribution in [-0.4, -0.2) is 43.5 Å². The zero-order chi connectivity index (χ0) is 21.8. The van der Waals surface area contributed by atoms with E-state index < -0.39 is 0 Å². The molecule has 0 spiro atoms. The first-order chi connectivity index (χ1) is 15.7. The average Bonchev–Trinajstić information content (AvgIpc) is 2.85. The second-order valence-electron chi connectivity index (χ2n) is 8.29. The highest BCUT2D eigenvalue weighted by atomic mass is 16.2. The van der Waals surface area contributed by atoms with Crippen molar-refractivity contribution in [3.63, 3.8) is 0 Å². The number of para-hydroxylation sites is 1. The predicted octanol–water partition coefficient (Wildman–Crippen LogP) is 5.27. The van der Waals surface area contributed by atoms with Crippen LogP contribution in [0.3, 0.4) is 0 Å². The molecule has 4 aromatic rings. The fraction of sp³-hybridized carbons (Fsp3) is 0.179. The molecule has 4 aromatic carbocycles. The maximum absolute atomic E-state index is 12.7. The van der Waals surface area contributed by atoms with Crippen molar-refractivity contribution in [2.24, 2.45) is 0 Å². The fourth-order valence-electron chi connectivity index (χ4n) is 4.35. The topological polar surface area (TPSA) is 35.6 Å². The van der Waals surface area contributed by atoms with Crippen LogP contribution in [0.1, 0.15) is 0 Å². The van der Waals surface area contributed by atoms with E-state index in [1.807, 2.05) is 18.2 Å². The summed E-state index contributed by atoms with van der Waals surface area (Å²) in [5, 5.41) is 5.53. The van der Waals surface area contributed by atoms with E-state index in [0.29, 0.717) is 6.54 Å². The monoisotopic (exact) mass is 421 g/mol. The van der Waals surface area contributed by atoms with Gasteiger partial charge in [0.15, 0.2) is 0 Å². The molecule has 1 heterocycles. The number of benzene rings is 4. The summed E-state index contributed by atoms with van der Waals surface area (Å²) in [5.74, 6) is 0.0359. The fourth-order valence-corrected chi connectivity index (χ4v) is 4.35. The minimum Gasteiger partial charge on any atom is -0.369 e. The molecular formula is C28H27N3O. The van der Waals surface area contributed by atoms with Crippen molar-refractivity contribution in [3.8, 4) is 11.1 Å². The van der Waals surface area contributed by atoms with Crippen LogP contribution in [0.15, 0.2) is 97.1 Å². The van der Waals surface area contributed by atoms with Crippen molar-refractivity contribution in [1.29, 1.82) is 0 Å². The Kier molecular flexibility index (Phi) is 5.86. The summed E-state index contributed by atoms with van der Waals surface area (Å²) in [6.07, 6.45) is 0. The smallest absolute Gasteiger partial charge is 0.238 e. The molecule has 0 saturated carbocycles. The molecular weight excluding hydrogens is 394 g/mol. The molecule has 0 unspecified atom stereocenters. The van der Waals surface area contributed by atoms with Crippen LogP contribution < -0.4 is 10.2 Å². The van der Waals surface area contributed by atoms with Crippen molar-refractivity contribution >= 4 is 28.1 Å². The summed E-state index contributed by atoms with van der Waals surface area (Å²) < 4.78 is 0. The number of piperazine rings is 1. The summed E-state index contributed by atoms with van der Waals surface area (Å²) in [5.41, 5.74) is 4.34. The minimum atomic E-state index is 0.0359. The van der Waals surface area contributed by atoms with Gasteiger partial charge in [-0.05, 0) is 52.2 Å². The number of amides is 1. The molecule has 1 aliphatic rings. The highest BCUT2D eigenvalue weighted by molar-refractivity contribution is 5.93. The van der Waals surface area contributed by atoms with Gasteiger partial charge in [0, 0.05) is 37.6 Å². The van der Waals surface area contributed by atoms with Crippen LogP contribution >= 0.6 is 0 Å². The molecule has 4 nitrogen and oxygen atoms in total. The number of nitrogens with zero attached hydrogens (tertiary/aromatic N) is 2. The van der Waals surface area contributed by atoms with E-state index in [-0.39, 0.29) is 5.91 Å². The SMILES string of the molecule is O=C(CN1CCN(c2ccccc2)CC1)Nc1cccc(-c2ccc3ccccc3c2)c1. The Hall–Kier alpha value is -3.63. The Morgan fingerprint density at radius 2 is 1.41 bits per heavy atom. The van der Waals surface area contributed by atoms with E-state index in [0.717, 1.165) is 43.0 Å². The normalized spacial score (nSPS) is 14.4. The lowest BCUT2D eigenvalue weighted by Crippen LogP contribution is -2.48.